The van der Waals surface area contributed by atoms with Gasteiger partial charge in [-0.2, -0.15) is 5.26 Å². The molecule has 1 aromatic heterocycles. The molecule has 3 amide bonds. The van der Waals surface area contributed by atoms with Gasteiger partial charge in [-0.15, -0.1) is 11.3 Å². The highest BCUT2D eigenvalue weighted by molar-refractivity contribution is 7.14. The number of piperazine rings is 1. The van der Waals surface area contributed by atoms with Gasteiger partial charge in [-0.25, -0.2) is 9.78 Å². The van der Waals surface area contributed by atoms with Crippen molar-refractivity contribution in [3.8, 4) is 17.3 Å². The number of amides is 3. The number of rotatable bonds is 5. The summed E-state index contributed by atoms with van der Waals surface area (Å²) in [5.74, 6) is -0.323. The molecule has 1 atom stereocenters. The second kappa shape index (κ2) is 11.4. The highest BCUT2D eigenvalue weighted by atomic mass is 32.1. The molecule has 36 heavy (non-hydrogen) atoms. The van der Waals surface area contributed by atoms with Gasteiger partial charge in [-0.05, 0) is 30.4 Å². The number of thiazole rings is 1. The minimum Gasteiger partial charge on any atom is -0.342 e. The highest BCUT2D eigenvalue weighted by Crippen LogP contribution is 2.34. The number of imide groups is 1. The van der Waals surface area contributed by atoms with E-state index >= 15 is 0 Å². The molecule has 9 heteroatoms. The van der Waals surface area contributed by atoms with Crippen molar-refractivity contribution in [2.45, 2.75) is 65.0 Å². The Bertz CT molecular complexity index is 1090. The molecule has 2 N–H and O–H groups in total. The minimum atomic E-state index is -0.494. The Labute approximate surface area is 217 Å². The Balaban J connectivity index is 1.52. The summed E-state index contributed by atoms with van der Waals surface area (Å²) in [6.07, 6.45) is 4.70. The molecule has 192 valence electrons. The molecular formula is C27H36N6O2S. The molecule has 1 saturated carbocycles. The summed E-state index contributed by atoms with van der Waals surface area (Å²) < 4.78 is 0. The van der Waals surface area contributed by atoms with Crippen LogP contribution in [0.5, 0.6) is 0 Å². The van der Waals surface area contributed by atoms with Crippen LogP contribution in [0.15, 0.2) is 29.6 Å². The van der Waals surface area contributed by atoms with Crippen LogP contribution in [0.25, 0.3) is 11.3 Å². The molecule has 0 spiro atoms. The molecule has 2 fully saturated rings. The van der Waals surface area contributed by atoms with Gasteiger partial charge in [0.1, 0.15) is 6.54 Å². The summed E-state index contributed by atoms with van der Waals surface area (Å²) in [7, 11) is 0. The quantitative estimate of drug-likeness (QED) is 0.571. The van der Waals surface area contributed by atoms with E-state index < -0.39 is 6.03 Å². The Morgan fingerprint density at radius 2 is 1.94 bits per heavy atom. The van der Waals surface area contributed by atoms with Gasteiger partial charge in [0.2, 0.25) is 0 Å². The van der Waals surface area contributed by atoms with Gasteiger partial charge in [0.05, 0.1) is 11.8 Å². The van der Waals surface area contributed by atoms with E-state index in [1.807, 2.05) is 18.2 Å². The molecule has 1 unspecified atom stereocenters. The van der Waals surface area contributed by atoms with E-state index in [0.717, 1.165) is 68.1 Å². The first-order valence-corrected chi connectivity index (χ1v) is 13.7. The van der Waals surface area contributed by atoms with E-state index in [2.05, 4.69) is 41.7 Å². The van der Waals surface area contributed by atoms with Crippen molar-refractivity contribution in [3.05, 3.63) is 35.2 Å². The molecule has 2 heterocycles. The molecule has 2 aliphatic rings. The molecule has 0 radical (unpaired) electrons. The lowest BCUT2D eigenvalue weighted by Crippen LogP contribution is -2.56. The fourth-order valence-electron chi connectivity index (χ4n) is 5.12. The van der Waals surface area contributed by atoms with Gasteiger partial charge in [-0.3, -0.25) is 9.69 Å². The number of nitrogens with zero attached hydrogens (tertiary/aromatic N) is 4. The van der Waals surface area contributed by atoms with Crippen LogP contribution >= 0.6 is 11.3 Å². The maximum absolute atomic E-state index is 13.4. The zero-order chi connectivity index (χ0) is 25.7. The van der Waals surface area contributed by atoms with Crippen molar-refractivity contribution in [2.75, 3.05) is 31.1 Å². The molecule has 1 aliphatic carbocycles. The maximum atomic E-state index is 13.4. The Morgan fingerprint density at radius 3 is 2.61 bits per heavy atom. The molecule has 1 aromatic carbocycles. The summed E-state index contributed by atoms with van der Waals surface area (Å²) in [5, 5.41) is 18.0. The molecule has 8 nitrogen and oxygen atoms in total. The van der Waals surface area contributed by atoms with Crippen LogP contribution in [-0.4, -0.2) is 60.1 Å². The number of aromatic nitrogens is 1. The van der Waals surface area contributed by atoms with Crippen LogP contribution < -0.4 is 15.5 Å². The summed E-state index contributed by atoms with van der Waals surface area (Å²) in [6.45, 7) is 9.47. The van der Waals surface area contributed by atoms with Crippen LogP contribution in [-0.2, 0) is 0 Å². The van der Waals surface area contributed by atoms with Gasteiger partial charge >= 0.3 is 6.03 Å². The molecule has 0 bridgehead atoms. The van der Waals surface area contributed by atoms with Gasteiger partial charge in [0.25, 0.3) is 5.91 Å². The number of carbonyl (C=O) groups is 2. The number of benzene rings is 1. The second-order valence-electron chi connectivity index (χ2n) is 10.7. The number of urea groups is 1. The molecule has 4 rings (SSSR count). The Kier molecular flexibility index (Phi) is 8.27. The standard InChI is InChI=1S/C27H36N6O2S/c1-27(2,3)23-17-29-15-16-32(23)26-31-22(18-36-26)19-9-11-20(12-10-19)24(34)33(25(35)30-14-13-28)21-7-5-4-6-8-21/h9-12,18,21,23,29H,4-8,14-17H2,1-3H3,(H,30,35). The smallest absolute Gasteiger partial charge is 0.325 e. The summed E-state index contributed by atoms with van der Waals surface area (Å²) in [5.41, 5.74) is 2.41. The molecular weight excluding hydrogens is 472 g/mol. The Morgan fingerprint density at radius 1 is 1.22 bits per heavy atom. The van der Waals surface area contributed by atoms with E-state index in [0.29, 0.717) is 11.6 Å². The number of hydrogen-bond donors (Lipinski definition) is 2. The third-order valence-corrected chi connectivity index (χ3v) is 7.98. The van der Waals surface area contributed by atoms with Gasteiger partial charge < -0.3 is 15.5 Å². The number of carbonyl (C=O) groups excluding carboxylic acids is 2. The van der Waals surface area contributed by atoms with Crippen LogP contribution in [0.2, 0.25) is 0 Å². The number of nitriles is 1. The SMILES string of the molecule is CC(C)(C)C1CNCCN1c1nc(-c2ccc(C(=O)N(C(=O)NCC#N)C3CCCCC3)cc2)cs1. The summed E-state index contributed by atoms with van der Waals surface area (Å²) in [4.78, 5) is 34.8. The maximum Gasteiger partial charge on any atom is 0.325 e. The van der Waals surface area contributed by atoms with E-state index in [1.54, 1.807) is 23.5 Å². The lowest BCUT2D eigenvalue weighted by Gasteiger charge is -2.43. The predicted octanol–water partition coefficient (Wildman–Crippen LogP) is 4.64. The van der Waals surface area contributed by atoms with Crippen molar-refractivity contribution in [1.82, 2.24) is 20.5 Å². The molecule has 1 saturated heterocycles. The van der Waals surface area contributed by atoms with Crippen molar-refractivity contribution in [2.24, 2.45) is 5.41 Å². The van der Waals surface area contributed by atoms with E-state index in [9.17, 15) is 9.59 Å². The van der Waals surface area contributed by atoms with Crippen molar-refractivity contribution in [3.63, 3.8) is 0 Å². The van der Waals surface area contributed by atoms with Crippen LogP contribution in [0.4, 0.5) is 9.93 Å². The fraction of sp³-hybridized carbons (Fsp3) is 0.556. The monoisotopic (exact) mass is 508 g/mol. The first-order valence-electron chi connectivity index (χ1n) is 12.8. The predicted molar refractivity (Wildman–Crippen MR) is 143 cm³/mol. The zero-order valence-electron chi connectivity index (χ0n) is 21.4. The molecule has 2 aromatic rings. The third kappa shape index (κ3) is 5.88. The number of anilines is 1. The molecule has 1 aliphatic heterocycles. The minimum absolute atomic E-state index is 0.121. The summed E-state index contributed by atoms with van der Waals surface area (Å²) >= 11 is 1.65. The second-order valence-corrected chi connectivity index (χ2v) is 11.5. The number of hydrogen-bond acceptors (Lipinski definition) is 7. The van der Waals surface area contributed by atoms with Crippen molar-refractivity contribution < 1.29 is 9.59 Å². The van der Waals surface area contributed by atoms with Gasteiger partial charge in [-0.1, -0.05) is 52.2 Å². The van der Waals surface area contributed by atoms with E-state index in [-0.39, 0.29) is 23.9 Å². The number of nitrogens with one attached hydrogen (secondary N) is 2. The van der Waals surface area contributed by atoms with E-state index in [1.165, 1.54) is 4.90 Å². The van der Waals surface area contributed by atoms with Gasteiger partial charge in [0, 0.05) is 48.2 Å². The van der Waals surface area contributed by atoms with Crippen LogP contribution in [0.1, 0.15) is 63.2 Å². The third-order valence-electron chi connectivity index (χ3n) is 7.10. The first-order chi connectivity index (χ1) is 17.3. The Hall–Kier alpha value is -2.96. The van der Waals surface area contributed by atoms with Crippen LogP contribution in [0.3, 0.4) is 0 Å². The average Bonchev–Trinajstić information content (AvgIpc) is 3.38. The lowest BCUT2D eigenvalue weighted by atomic mass is 9.85. The highest BCUT2D eigenvalue weighted by Gasteiger charge is 2.34. The van der Waals surface area contributed by atoms with Crippen LogP contribution in [0, 0.1) is 16.7 Å². The van der Waals surface area contributed by atoms with Crippen molar-refractivity contribution >= 4 is 28.4 Å². The lowest BCUT2D eigenvalue weighted by molar-refractivity contribution is 0.0709. The van der Waals surface area contributed by atoms with Crippen molar-refractivity contribution in [1.29, 1.82) is 5.26 Å². The zero-order valence-corrected chi connectivity index (χ0v) is 22.2. The fourth-order valence-corrected chi connectivity index (χ4v) is 6.03. The summed E-state index contributed by atoms with van der Waals surface area (Å²) in [6, 6.07) is 8.99. The normalized spacial score (nSPS) is 18.9. The first kappa shape index (κ1) is 26.1. The average molecular weight is 509 g/mol. The van der Waals surface area contributed by atoms with E-state index in [4.69, 9.17) is 10.2 Å². The topological polar surface area (TPSA) is 101 Å². The van der Waals surface area contributed by atoms with Gasteiger partial charge in [0.15, 0.2) is 5.13 Å². The largest absolute Gasteiger partial charge is 0.342 e.